The average molecular weight is 438 g/mol. The Morgan fingerprint density at radius 3 is 2.72 bits per heavy atom. The lowest BCUT2D eigenvalue weighted by Gasteiger charge is -2.17. The van der Waals surface area contributed by atoms with Crippen molar-refractivity contribution in [1.29, 1.82) is 0 Å². The minimum absolute atomic E-state index is 0.0537. The van der Waals surface area contributed by atoms with E-state index >= 15 is 0 Å². The van der Waals surface area contributed by atoms with E-state index in [9.17, 15) is 9.59 Å². The number of carbonyl (C=O) groups excluding carboxylic acids is 2. The summed E-state index contributed by atoms with van der Waals surface area (Å²) in [6, 6.07) is 9.31. The number of aromatic amines is 1. The third kappa shape index (κ3) is 4.54. The van der Waals surface area contributed by atoms with Crippen molar-refractivity contribution in [1.82, 2.24) is 30.6 Å². The fourth-order valence-electron chi connectivity index (χ4n) is 3.98. The Kier molecular flexibility index (Phi) is 6.31. The van der Waals surface area contributed by atoms with E-state index in [-0.39, 0.29) is 36.8 Å². The normalized spacial score (nSPS) is 18.2. The lowest BCUT2D eigenvalue weighted by Crippen LogP contribution is -2.42. The van der Waals surface area contributed by atoms with Gasteiger partial charge in [-0.1, -0.05) is 35.5 Å². The van der Waals surface area contributed by atoms with Crippen molar-refractivity contribution in [2.75, 3.05) is 26.8 Å². The number of hydrogen-bond acceptors (Lipinski definition) is 7. The number of nitrogens with one attached hydrogen (secondary N) is 2. The van der Waals surface area contributed by atoms with E-state index in [1.54, 1.807) is 11.8 Å². The summed E-state index contributed by atoms with van der Waals surface area (Å²) < 4.78 is 10.1. The van der Waals surface area contributed by atoms with E-state index in [1.807, 2.05) is 37.3 Å². The molecule has 1 aliphatic rings. The second kappa shape index (κ2) is 9.31. The Hall–Kier alpha value is -3.53. The second-order valence-electron chi connectivity index (χ2n) is 7.90. The Bertz CT molecular complexity index is 1070. The predicted octanol–water partition coefficient (Wildman–Crippen LogP) is 1.38. The third-order valence-electron chi connectivity index (χ3n) is 5.69. The first kappa shape index (κ1) is 21.7. The summed E-state index contributed by atoms with van der Waals surface area (Å²) in [6.45, 7) is 4.33. The van der Waals surface area contributed by atoms with Crippen molar-refractivity contribution >= 4 is 11.8 Å². The fourth-order valence-corrected chi connectivity index (χ4v) is 3.98. The van der Waals surface area contributed by atoms with Gasteiger partial charge in [0, 0.05) is 31.3 Å². The zero-order chi connectivity index (χ0) is 22.7. The summed E-state index contributed by atoms with van der Waals surface area (Å²) in [5.41, 5.74) is 2.39. The monoisotopic (exact) mass is 438 g/mol. The zero-order valence-corrected chi connectivity index (χ0v) is 18.3. The molecule has 0 radical (unpaired) electrons. The number of amides is 2. The molecule has 10 heteroatoms. The van der Waals surface area contributed by atoms with Crippen LogP contribution in [-0.2, 0) is 20.7 Å². The molecule has 1 fully saturated rings. The molecule has 168 valence electrons. The third-order valence-corrected chi connectivity index (χ3v) is 5.69. The number of methoxy groups -OCH3 is 1. The highest BCUT2D eigenvalue weighted by molar-refractivity contribution is 5.81. The largest absolute Gasteiger partial charge is 0.375 e. The van der Waals surface area contributed by atoms with E-state index < -0.39 is 0 Å². The van der Waals surface area contributed by atoms with Gasteiger partial charge in [0.15, 0.2) is 5.82 Å². The molecule has 0 unspecified atom stereocenters. The molecule has 1 aliphatic heterocycles. The SMILES string of the molecule is COCC(=O)N[C@@H]1CN(C(=O)Cc2c(C)noc2C)C[C@H]1c1nc(-c2ccccc2)n[nH]1. The highest BCUT2D eigenvalue weighted by Gasteiger charge is 2.39. The maximum Gasteiger partial charge on any atom is 0.246 e. The first-order valence-electron chi connectivity index (χ1n) is 10.4. The molecule has 4 rings (SSSR count). The van der Waals surface area contributed by atoms with Crippen LogP contribution < -0.4 is 5.32 Å². The summed E-state index contributed by atoms with van der Waals surface area (Å²) in [7, 11) is 1.47. The molecule has 2 aromatic heterocycles. The lowest BCUT2D eigenvalue weighted by molar-refractivity contribution is -0.130. The molecular formula is C22H26N6O4. The number of carbonyl (C=O) groups is 2. The molecule has 0 bridgehead atoms. The molecule has 32 heavy (non-hydrogen) atoms. The van der Waals surface area contributed by atoms with Crippen LogP contribution in [0.4, 0.5) is 0 Å². The smallest absolute Gasteiger partial charge is 0.246 e. The molecule has 10 nitrogen and oxygen atoms in total. The van der Waals surface area contributed by atoms with Crippen molar-refractivity contribution < 1.29 is 18.8 Å². The minimum atomic E-state index is -0.317. The van der Waals surface area contributed by atoms with E-state index in [1.165, 1.54) is 7.11 Å². The van der Waals surface area contributed by atoms with Crippen LogP contribution in [-0.4, -0.2) is 69.9 Å². The second-order valence-corrected chi connectivity index (χ2v) is 7.90. The standard InChI is InChI=1S/C22H26N6O4/c1-13-16(14(2)32-27-13)9-20(30)28-10-17(18(11-28)23-19(29)12-31-3)22-24-21(25-26-22)15-7-5-4-6-8-15/h4-8,17-18H,9-12H2,1-3H3,(H,23,29)(H,24,25,26)/t17-,18-/m1/s1. The Labute approximate surface area is 185 Å². The lowest BCUT2D eigenvalue weighted by atomic mass is 10.0. The van der Waals surface area contributed by atoms with Crippen LogP contribution in [0, 0.1) is 13.8 Å². The summed E-state index contributed by atoms with van der Waals surface area (Å²) in [5, 5.41) is 14.2. The molecule has 1 saturated heterocycles. The van der Waals surface area contributed by atoms with Gasteiger partial charge >= 0.3 is 0 Å². The van der Waals surface area contributed by atoms with Gasteiger partial charge in [0.25, 0.3) is 0 Å². The van der Waals surface area contributed by atoms with Crippen molar-refractivity contribution in [2.45, 2.75) is 32.2 Å². The maximum atomic E-state index is 13.1. The fraction of sp³-hybridized carbons (Fsp3) is 0.409. The molecular weight excluding hydrogens is 412 g/mol. The van der Waals surface area contributed by atoms with Gasteiger partial charge in [-0.05, 0) is 13.8 Å². The molecule has 1 aromatic carbocycles. The Morgan fingerprint density at radius 1 is 1.25 bits per heavy atom. The van der Waals surface area contributed by atoms with Gasteiger partial charge in [-0.15, -0.1) is 0 Å². The van der Waals surface area contributed by atoms with Crippen LogP contribution >= 0.6 is 0 Å². The maximum absolute atomic E-state index is 13.1. The first-order chi connectivity index (χ1) is 15.5. The predicted molar refractivity (Wildman–Crippen MR) is 115 cm³/mol. The average Bonchev–Trinajstić information content (AvgIpc) is 3.50. The van der Waals surface area contributed by atoms with Gasteiger partial charge in [-0.25, -0.2) is 4.98 Å². The Balaban J connectivity index is 1.54. The number of ether oxygens (including phenoxy) is 1. The van der Waals surface area contributed by atoms with E-state index in [0.717, 1.165) is 11.1 Å². The number of hydrogen-bond donors (Lipinski definition) is 2. The van der Waals surface area contributed by atoms with E-state index in [4.69, 9.17) is 9.26 Å². The van der Waals surface area contributed by atoms with Gasteiger partial charge in [0.2, 0.25) is 11.8 Å². The van der Waals surface area contributed by atoms with Gasteiger partial charge in [0.05, 0.1) is 24.1 Å². The van der Waals surface area contributed by atoms with Gasteiger partial charge in [0.1, 0.15) is 18.2 Å². The number of aryl methyl sites for hydroxylation is 2. The number of rotatable bonds is 7. The van der Waals surface area contributed by atoms with Gasteiger partial charge < -0.3 is 19.5 Å². The van der Waals surface area contributed by atoms with Crippen molar-refractivity contribution in [3.05, 3.63) is 53.2 Å². The van der Waals surface area contributed by atoms with Crippen LogP contribution in [0.2, 0.25) is 0 Å². The quantitative estimate of drug-likeness (QED) is 0.571. The van der Waals surface area contributed by atoms with Crippen molar-refractivity contribution in [3.63, 3.8) is 0 Å². The minimum Gasteiger partial charge on any atom is -0.375 e. The molecule has 0 saturated carbocycles. The van der Waals surface area contributed by atoms with Crippen LogP contribution in [0.5, 0.6) is 0 Å². The molecule has 0 aliphatic carbocycles. The number of nitrogens with zero attached hydrogens (tertiary/aromatic N) is 4. The highest BCUT2D eigenvalue weighted by atomic mass is 16.5. The molecule has 3 aromatic rings. The van der Waals surface area contributed by atoms with E-state index in [0.29, 0.717) is 36.2 Å². The summed E-state index contributed by atoms with van der Waals surface area (Å²) in [5.74, 6) is 1.30. The van der Waals surface area contributed by atoms with Crippen molar-refractivity contribution in [2.24, 2.45) is 0 Å². The zero-order valence-electron chi connectivity index (χ0n) is 18.3. The molecule has 0 spiro atoms. The highest BCUT2D eigenvalue weighted by Crippen LogP contribution is 2.28. The van der Waals surface area contributed by atoms with Crippen LogP contribution in [0.25, 0.3) is 11.4 Å². The molecule has 2 amide bonds. The van der Waals surface area contributed by atoms with Crippen LogP contribution in [0.3, 0.4) is 0 Å². The Morgan fingerprint density at radius 2 is 2.03 bits per heavy atom. The van der Waals surface area contributed by atoms with Crippen LogP contribution in [0.1, 0.15) is 28.8 Å². The number of H-pyrrole nitrogens is 1. The summed E-state index contributed by atoms with van der Waals surface area (Å²) in [6.07, 6.45) is 0.193. The molecule has 2 atom stereocenters. The van der Waals surface area contributed by atoms with E-state index in [2.05, 4.69) is 25.7 Å². The van der Waals surface area contributed by atoms with Gasteiger partial charge in [-0.2, -0.15) is 5.10 Å². The summed E-state index contributed by atoms with van der Waals surface area (Å²) >= 11 is 0. The van der Waals surface area contributed by atoms with Crippen LogP contribution in [0.15, 0.2) is 34.9 Å². The summed E-state index contributed by atoms with van der Waals surface area (Å²) in [4.78, 5) is 31.7. The topological polar surface area (TPSA) is 126 Å². The van der Waals surface area contributed by atoms with Crippen molar-refractivity contribution in [3.8, 4) is 11.4 Å². The first-order valence-corrected chi connectivity index (χ1v) is 10.4. The molecule has 2 N–H and O–H groups in total. The van der Waals surface area contributed by atoms with Gasteiger partial charge in [-0.3, -0.25) is 14.7 Å². The number of benzene rings is 1. The number of aromatic nitrogens is 4. The number of likely N-dealkylation sites (tertiary alicyclic amines) is 1. The molecule has 3 heterocycles.